The highest BCUT2D eigenvalue weighted by Crippen LogP contribution is 2.34. The molecule has 0 amide bonds. The Morgan fingerprint density at radius 1 is 1.31 bits per heavy atom. The van der Waals surface area contributed by atoms with Gasteiger partial charge in [-0.1, -0.05) is 31.4 Å². The van der Waals surface area contributed by atoms with Crippen molar-refractivity contribution in [3.05, 3.63) is 29.8 Å². The first-order valence-electron chi connectivity index (χ1n) is 6.14. The molecule has 1 aliphatic rings. The van der Waals surface area contributed by atoms with Crippen LogP contribution in [0.3, 0.4) is 0 Å². The fourth-order valence-corrected chi connectivity index (χ4v) is 2.32. The molecule has 0 radical (unpaired) electrons. The van der Waals surface area contributed by atoms with E-state index in [-0.39, 0.29) is 0 Å². The van der Waals surface area contributed by atoms with Crippen molar-refractivity contribution in [2.75, 3.05) is 14.2 Å². The Labute approximate surface area is 98.0 Å². The van der Waals surface area contributed by atoms with Crippen LogP contribution in [0.1, 0.15) is 37.3 Å². The molecule has 1 saturated carbocycles. The fraction of sp³-hybridized carbons (Fsp3) is 0.571. The predicted octanol–water partition coefficient (Wildman–Crippen LogP) is 3.15. The van der Waals surface area contributed by atoms with Gasteiger partial charge in [-0.3, -0.25) is 0 Å². The van der Waals surface area contributed by atoms with Gasteiger partial charge in [0.2, 0.25) is 0 Å². The summed E-state index contributed by atoms with van der Waals surface area (Å²) in [5, 5.41) is 3.41. The van der Waals surface area contributed by atoms with E-state index in [0.29, 0.717) is 6.04 Å². The van der Waals surface area contributed by atoms with Gasteiger partial charge in [-0.05, 0) is 37.1 Å². The molecule has 2 heteroatoms. The highest BCUT2D eigenvalue weighted by molar-refractivity contribution is 5.29. The van der Waals surface area contributed by atoms with Crippen LogP contribution in [0.5, 0.6) is 5.75 Å². The summed E-state index contributed by atoms with van der Waals surface area (Å²) >= 11 is 0. The zero-order valence-corrected chi connectivity index (χ0v) is 10.2. The van der Waals surface area contributed by atoms with E-state index in [1.165, 1.54) is 31.2 Å². The molecule has 0 saturated heterocycles. The zero-order chi connectivity index (χ0) is 11.4. The van der Waals surface area contributed by atoms with E-state index >= 15 is 0 Å². The maximum Gasteiger partial charge on any atom is 0.118 e. The molecule has 1 aliphatic carbocycles. The van der Waals surface area contributed by atoms with Gasteiger partial charge >= 0.3 is 0 Å². The molecule has 0 bridgehead atoms. The summed E-state index contributed by atoms with van der Waals surface area (Å²) in [5.74, 6) is 1.86. The van der Waals surface area contributed by atoms with Gasteiger partial charge in [-0.25, -0.2) is 0 Å². The van der Waals surface area contributed by atoms with Gasteiger partial charge in [0.15, 0.2) is 0 Å². The van der Waals surface area contributed by atoms with Gasteiger partial charge in [0.1, 0.15) is 5.75 Å². The summed E-state index contributed by atoms with van der Waals surface area (Å²) in [6.45, 7) is 0. The minimum absolute atomic E-state index is 0.496. The van der Waals surface area contributed by atoms with E-state index in [4.69, 9.17) is 4.74 Å². The first-order chi connectivity index (χ1) is 7.83. The average molecular weight is 219 g/mol. The van der Waals surface area contributed by atoms with Crippen LogP contribution < -0.4 is 10.1 Å². The van der Waals surface area contributed by atoms with Gasteiger partial charge in [0, 0.05) is 6.04 Å². The molecule has 88 valence electrons. The first-order valence-corrected chi connectivity index (χ1v) is 6.14. The Morgan fingerprint density at radius 2 is 2.00 bits per heavy atom. The van der Waals surface area contributed by atoms with E-state index in [1.807, 2.05) is 19.2 Å². The van der Waals surface area contributed by atoms with E-state index in [1.54, 1.807) is 7.11 Å². The van der Waals surface area contributed by atoms with E-state index < -0.39 is 0 Å². The van der Waals surface area contributed by atoms with Crippen molar-refractivity contribution in [1.29, 1.82) is 0 Å². The lowest BCUT2D eigenvalue weighted by Gasteiger charge is -2.29. The van der Waals surface area contributed by atoms with Crippen molar-refractivity contribution in [3.63, 3.8) is 0 Å². The summed E-state index contributed by atoms with van der Waals surface area (Å²) < 4.78 is 5.18. The van der Waals surface area contributed by atoms with Crippen LogP contribution in [0.25, 0.3) is 0 Å². The van der Waals surface area contributed by atoms with Crippen LogP contribution in [-0.2, 0) is 0 Å². The summed E-state index contributed by atoms with van der Waals surface area (Å²) in [7, 11) is 3.76. The molecule has 0 aromatic heterocycles. The lowest BCUT2D eigenvalue weighted by atomic mass is 9.79. The molecular formula is C14H21NO. The Kier molecular flexibility index (Phi) is 3.83. The topological polar surface area (TPSA) is 21.3 Å². The second-order valence-corrected chi connectivity index (χ2v) is 4.65. The van der Waals surface area contributed by atoms with Gasteiger partial charge in [0.05, 0.1) is 7.11 Å². The SMILES string of the molecule is CNC(CC1CCC1)c1ccc(OC)cc1. The second-order valence-electron chi connectivity index (χ2n) is 4.65. The quantitative estimate of drug-likeness (QED) is 0.821. The van der Waals surface area contributed by atoms with Gasteiger partial charge < -0.3 is 10.1 Å². The number of methoxy groups -OCH3 is 1. The van der Waals surface area contributed by atoms with Crippen molar-refractivity contribution in [1.82, 2.24) is 5.32 Å². The summed E-state index contributed by atoms with van der Waals surface area (Å²) in [5.41, 5.74) is 1.37. The molecule has 0 heterocycles. The lowest BCUT2D eigenvalue weighted by molar-refractivity contribution is 0.265. The summed E-state index contributed by atoms with van der Waals surface area (Å²) in [6.07, 6.45) is 5.51. The average Bonchev–Trinajstić information content (AvgIpc) is 2.28. The molecule has 1 atom stereocenters. The maximum absolute atomic E-state index is 5.18. The van der Waals surface area contributed by atoms with E-state index in [0.717, 1.165) is 11.7 Å². The lowest BCUT2D eigenvalue weighted by Crippen LogP contribution is -2.23. The largest absolute Gasteiger partial charge is 0.497 e. The Hall–Kier alpha value is -1.02. The molecule has 1 fully saturated rings. The molecule has 16 heavy (non-hydrogen) atoms. The summed E-state index contributed by atoms with van der Waals surface area (Å²) in [4.78, 5) is 0. The number of rotatable bonds is 5. The fourth-order valence-electron chi connectivity index (χ4n) is 2.32. The minimum atomic E-state index is 0.496. The Bertz CT molecular complexity index is 316. The Morgan fingerprint density at radius 3 is 2.44 bits per heavy atom. The monoisotopic (exact) mass is 219 g/mol. The number of benzene rings is 1. The van der Waals surface area contributed by atoms with Crippen LogP contribution in [-0.4, -0.2) is 14.2 Å². The third kappa shape index (κ3) is 2.56. The maximum atomic E-state index is 5.18. The van der Waals surface area contributed by atoms with Crippen LogP contribution >= 0.6 is 0 Å². The van der Waals surface area contributed by atoms with Crippen LogP contribution in [0, 0.1) is 5.92 Å². The molecule has 1 aromatic carbocycles. The molecule has 2 rings (SSSR count). The van der Waals surface area contributed by atoms with Gasteiger partial charge in [-0.15, -0.1) is 0 Å². The van der Waals surface area contributed by atoms with E-state index in [9.17, 15) is 0 Å². The smallest absolute Gasteiger partial charge is 0.118 e. The third-order valence-corrected chi connectivity index (χ3v) is 3.66. The molecule has 2 nitrogen and oxygen atoms in total. The van der Waals surface area contributed by atoms with Crippen molar-refractivity contribution in [2.24, 2.45) is 5.92 Å². The number of nitrogens with one attached hydrogen (secondary N) is 1. The Balaban J connectivity index is 2.00. The number of ether oxygens (including phenoxy) is 1. The standard InChI is InChI=1S/C14H21NO/c1-15-14(10-11-4-3-5-11)12-6-8-13(16-2)9-7-12/h6-9,11,14-15H,3-5,10H2,1-2H3. The zero-order valence-electron chi connectivity index (χ0n) is 10.2. The van der Waals surface area contributed by atoms with Crippen LogP contribution in [0.15, 0.2) is 24.3 Å². The third-order valence-electron chi connectivity index (χ3n) is 3.66. The van der Waals surface area contributed by atoms with Gasteiger partial charge in [0.25, 0.3) is 0 Å². The highest BCUT2D eigenvalue weighted by atomic mass is 16.5. The van der Waals surface area contributed by atoms with Crippen molar-refractivity contribution < 1.29 is 4.74 Å². The minimum Gasteiger partial charge on any atom is -0.497 e. The molecular weight excluding hydrogens is 198 g/mol. The molecule has 1 N–H and O–H groups in total. The van der Waals surface area contributed by atoms with Gasteiger partial charge in [-0.2, -0.15) is 0 Å². The number of hydrogen-bond donors (Lipinski definition) is 1. The van der Waals surface area contributed by atoms with E-state index in [2.05, 4.69) is 17.4 Å². The van der Waals surface area contributed by atoms with Crippen molar-refractivity contribution >= 4 is 0 Å². The molecule has 1 unspecified atom stereocenters. The normalized spacial score (nSPS) is 17.9. The molecule has 1 aromatic rings. The van der Waals surface area contributed by atoms with Crippen molar-refractivity contribution in [2.45, 2.75) is 31.7 Å². The molecule has 0 aliphatic heterocycles. The second kappa shape index (κ2) is 5.35. The number of hydrogen-bond acceptors (Lipinski definition) is 2. The summed E-state index contributed by atoms with van der Waals surface area (Å²) in [6, 6.07) is 8.91. The van der Waals surface area contributed by atoms with Crippen LogP contribution in [0.4, 0.5) is 0 Å². The molecule has 0 spiro atoms. The van der Waals surface area contributed by atoms with Crippen molar-refractivity contribution in [3.8, 4) is 5.75 Å². The predicted molar refractivity (Wildman–Crippen MR) is 66.8 cm³/mol. The highest BCUT2D eigenvalue weighted by Gasteiger charge is 2.22. The van der Waals surface area contributed by atoms with Crippen LogP contribution in [0.2, 0.25) is 0 Å². The first kappa shape index (κ1) is 11.5.